The monoisotopic (exact) mass is 244 g/mol. The average molecular weight is 245 g/mol. The van der Waals surface area contributed by atoms with Crippen LogP contribution in [0.4, 0.5) is 5.82 Å². The van der Waals surface area contributed by atoms with Crippen molar-refractivity contribution in [1.82, 2.24) is 4.98 Å². The fraction of sp³-hybridized carbons (Fsp3) is 0.400. The van der Waals surface area contributed by atoms with Crippen LogP contribution in [0.3, 0.4) is 0 Å². The molecule has 0 saturated heterocycles. The number of aromatic nitrogens is 1. The number of nitrogens with one attached hydrogen (secondary N) is 1. The molecule has 0 aliphatic carbocycles. The van der Waals surface area contributed by atoms with Gasteiger partial charge in [-0.1, -0.05) is 11.6 Å². The Kier molecular flexibility index (Phi) is 5.01. The van der Waals surface area contributed by atoms with Gasteiger partial charge in [-0.2, -0.15) is 0 Å². The lowest BCUT2D eigenvalue weighted by Crippen LogP contribution is -2.11. The molecule has 5 nitrogen and oxygen atoms in total. The number of anilines is 1. The SMILES string of the molecule is CCOCCNc1ncc(C(=O)O)cc1Cl. The van der Waals surface area contributed by atoms with Crippen molar-refractivity contribution in [3.8, 4) is 0 Å². The van der Waals surface area contributed by atoms with Crippen molar-refractivity contribution >= 4 is 23.4 Å². The second kappa shape index (κ2) is 6.30. The van der Waals surface area contributed by atoms with Crippen LogP contribution < -0.4 is 5.32 Å². The molecule has 2 N–H and O–H groups in total. The first-order valence-electron chi connectivity index (χ1n) is 4.85. The molecule has 1 aromatic heterocycles. The van der Waals surface area contributed by atoms with E-state index in [9.17, 15) is 4.79 Å². The first kappa shape index (κ1) is 12.7. The lowest BCUT2D eigenvalue weighted by atomic mass is 10.3. The molecule has 1 aromatic rings. The zero-order valence-electron chi connectivity index (χ0n) is 8.86. The van der Waals surface area contributed by atoms with Gasteiger partial charge in [0.15, 0.2) is 0 Å². The molecule has 0 radical (unpaired) electrons. The van der Waals surface area contributed by atoms with Crippen molar-refractivity contribution in [2.24, 2.45) is 0 Å². The third-order valence-corrected chi connectivity index (χ3v) is 2.12. The molecule has 0 aliphatic rings. The largest absolute Gasteiger partial charge is 0.478 e. The summed E-state index contributed by atoms with van der Waals surface area (Å²) in [5, 5.41) is 11.9. The first-order chi connectivity index (χ1) is 7.65. The number of halogens is 1. The minimum absolute atomic E-state index is 0.0698. The number of carboxylic acids is 1. The molecule has 0 aliphatic heterocycles. The maximum atomic E-state index is 10.6. The molecule has 0 aromatic carbocycles. The highest BCUT2D eigenvalue weighted by Gasteiger charge is 2.07. The van der Waals surface area contributed by atoms with E-state index in [-0.39, 0.29) is 10.6 Å². The number of hydrogen-bond acceptors (Lipinski definition) is 4. The first-order valence-corrected chi connectivity index (χ1v) is 5.23. The molecule has 88 valence electrons. The van der Waals surface area contributed by atoms with E-state index in [1.54, 1.807) is 0 Å². The van der Waals surface area contributed by atoms with E-state index in [1.165, 1.54) is 12.3 Å². The topological polar surface area (TPSA) is 71.5 Å². The molecule has 16 heavy (non-hydrogen) atoms. The summed E-state index contributed by atoms with van der Waals surface area (Å²) < 4.78 is 5.13. The highest BCUT2D eigenvalue weighted by atomic mass is 35.5. The molecule has 0 spiro atoms. The Morgan fingerprint density at radius 2 is 2.44 bits per heavy atom. The van der Waals surface area contributed by atoms with Crippen LogP contribution in [0.5, 0.6) is 0 Å². The highest BCUT2D eigenvalue weighted by molar-refractivity contribution is 6.33. The molecule has 0 fully saturated rings. The van der Waals surface area contributed by atoms with Crippen LogP contribution >= 0.6 is 11.6 Å². The number of carboxylic acid groups (broad SMARTS) is 1. The molecule has 1 rings (SSSR count). The second-order valence-electron chi connectivity index (χ2n) is 2.98. The smallest absolute Gasteiger partial charge is 0.337 e. The van der Waals surface area contributed by atoms with E-state index in [0.717, 1.165) is 0 Å². The Bertz CT molecular complexity index is 371. The average Bonchev–Trinajstić information content (AvgIpc) is 2.26. The van der Waals surface area contributed by atoms with E-state index >= 15 is 0 Å². The van der Waals surface area contributed by atoms with Gasteiger partial charge in [0, 0.05) is 19.3 Å². The highest BCUT2D eigenvalue weighted by Crippen LogP contribution is 2.19. The zero-order valence-corrected chi connectivity index (χ0v) is 9.62. The predicted octanol–water partition coefficient (Wildman–Crippen LogP) is 1.88. The third kappa shape index (κ3) is 3.67. The van der Waals surface area contributed by atoms with Crippen LogP contribution in [0.1, 0.15) is 17.3 Å². The molecule has 1 heterocycles. The molecular weight excluding hydrogens is 232 g/mol. The van der Waals surface area contributed by atoms with E-state index in [4.69, 9.17) is 21.4 Å². The molecule has 6 heteroatoms. The van der Waals surface area contributed by atoms with Crippen LogP contribution in [0, 0.1) is 0 Å². The number of nitrogens with zero attached hydrogens (tertiary/aromatic N) is 1. The van der Waals surface area contributed by atoms with Crippen LogP contribution in [0.15, 0.2) is 12.3 Å². The van der Waals surface area contributed by atoms with Crippen molar-refractivity contribution in [1.29, 1.82) is 0 Å². The summed E-state index contributed by atoms with van der Waals surface area (Å²) in [6, 6.07) is 1.36. The summed E-state index contributed by atoms with van der Waals surface area (Å²) in [5.41, 5.74) is 0.0698. The van der Waals surface area contributed by atoms with Gasteiger partial charge in [0.05, 0.1) is 17.2 Å². The number of rotatable bonds is 6. The number of hydrogen-bond donors (Lipinski definition) is 2. The van der Waals surface area contributed by atoms with E-state index in [1.807, 2.05) is 6.92 Å². The van der Waals surface area contributed by atoms with Gasteiger partial charge in [-0.15, -0.1) is 0 Å². The van der Waals surface area contributed by atoms with Crippen LogP contribution in [-0.4, -0.2) is 35.8 Å². The fourth-order valence-electron chi connectivity index (χ4n) is 1.07. The summed E-state index contributed by atoms with van der Waals surface area (Å²) in [4.78, 5) is 14.5. The minimum atomic E-state index is -1.05. The summed E-state index contributed by atoms with van der Waals surface area (Å²) in [6.07, 6.45) is 1.26. The number of ether oxygens (including phenoxy) is 1. The van der Waals surface area contributed by atoms with Gasteiger partial charge in [-0.05, 0) is 13.0 Å². The summed E-state index contributed by atoms with van der Waals surface area (Å²) in [5.74, 6) is -0.582. The van der Waals surface area contributed by atoms with Gasteiger partial charge < -0.3 is 15.2 Å². The Balaban J connectivity index is 2.57. The van der Waals surface area contributed by atoms with E-state index in [0.29, 0.717) is 25.6 Å². The minimum Gasteiger partial charge on any atom is -0.478 e. The van der Waals surface area contributed by atoms with E-state index < -0.39 is 5.97 Å². The zero-order chi connectivity index (χ0) is 12.0. The van der Waals surface area contributed by atoms with Crippen LogP contribution in [0.2, 0.25) is 5.02 Å². The van der Waals surface area contributed by atoms with Crippen molar-refractivity contribution in [2.45, 2.75) is 6.92 Å². The normalized spacial score (nSPS) is 10.1. The van der Waals surface area contributed by atoms with Gasteiger partial charge >= 0.3 is 5.97 Å². The van der Waals surface area contributed by atoms with Crippen molar-refractivity contribution in [2.75, 3.05) is 25.1 Å². The molecule has 0 atom stereocenters. The number of aromatic carboxylic acids is 1. The van der Waals surface area contributed by atoms with Crippen LogP contribution in [0.25, 0.3) is 0 Å². The predicted molar refractivity (Wildman–Crippen MR) is 61.2 cm³/mol. The molecule has 0 amide bonds. The lowest BCUT2D eigenvalue weighted by molar-refractivity contribution is 0.0696. The number of pyridine rings is 1. The summed E-state index contributed by atoms with van der Waals surface area (Å²) in [6.45, 7) is 3.69. The molecular formula is C10H13ClN2O3. The van der Waals surface area contributed by atoms with Gasteiger partial charge in [0.2, 0.25) is 0 Å². The molecule has 0 unspecified atom stereocenters. The van der Waals surface area contributed by atoms with Gasteiger partial charge in [-0.25, -0.2) is 9.78 Å². The Morgan fingerprint density at radius 1 is 1.69 bits per heavy atom. The standard InChI is InChI=1S/C10H13ClN2O3/c1-2-16-4-3-12-9-8(11)5-7(6-13-9)10(14)15/h5-6H,2-4H2,1H3,(H,12,13)(H,14,15). The van der Waals surface area contributed by atoms with Crippen LogP contribution in [-0.2, 0) is 4.74 Å². The lowest BCUT2D eigenvalue weighted by Gasteiger charge is -2.07. The molecule has 0 saturated carbocycles. The Morgan fingerprint density at radius 3 is 3.00 bits per heavy atom. The summed E-state index contributed by atoms with van der Waals surface area (Å²) in [7, 11) is 0. The number of carbonyl (C=O) groups is 1. The molecule has 0 bridgehead atoms. The van der Waals surface area contributed by atoms with Crippen molar-refractivity contribution in [3.05, 3.63) is 22.8 Å². The quantitative estimate of drug-likeness (QED) is 0.748. The van der Waals surface area contributed by atoms with Gasteiger partial charge in [-0.3, -0.25) is 0 Å². The van der Waals surface area contributed by atoms with Gasteiger partial charge in [0.25, 0.3) is 0 Å². The Hall–Kier alpha value is -1.33. The van der Waals surface area contributed by atoms with E-state index in [2.05, 4.69) is 10.3 Å². The fourth-order valence-corrected chi connectivity index (χ4v) is 1.30. The second-order valence-corrected chi connectivity index (χ2v) is 3.39. The maximum Gasteiger partial charge on any atom is 0.337 e. The maximum absolute atomic E-state index is 10.6. The van der Waals surface area contributed by atoms with Crippen molar-refractivity contribution in [3.63, 3.8) is 0 Å². The van der Waals surface area contributed by atoms with Gasteiger partial charge in [0.1, 0.15) is 5.82 Å². The third-order valence-electron chi connectivity index (χ3n) is 1.83. The Labute approximate surface area is 98.4 Å². The van der Waals surface area contributed by atoms with Crippen molar-refractivity contribution < 1.29 is 14.6 Å². The summed E-state index contributed by atoms with van der Waals surface area (Å²) >= 11 is 5.86.